The second kappa shape index (κ2) is 8.71. The molecule has 1 aliphatic heterocycles. The predicted molar refractivity (Wildman–Crippen MR) is 108 cm³/mol. The van der Waals surface area contributed by atoms with Gasteiger partial charge in [0.05, 0.1) is 24.8 Å². The quantitative estimate of drug-likeness (QED) is 0.648. The molecule has 0 spiro atoms. The Hall–Kier alpha value is -2.12. The number of anilines is 1. The highest BCUT2D eigenvalue weighted by atomic mass is 35.5. The van der Waals surface area contributed by atoms with Crippen molar-refractivity contribution in [1.82, 2.24) is 4.90 Å². The van der Waals surface area contributed by atoms with Crippen LogP contribution in [-0.4, -0.2) is 45.3 Å². The van der Waals surface area contributed by atoms with Crippen molar-refractivity contribution in [1.29, 1.82) is 0 Å². The van der Waals surface area contributed by atoms with Crippen LogP contribution in [0.15, 0.2) is 36.4 Å². The molecule has 0 bridgehead atoms. The van der Waals surface area contributed by atoms with E-state index < -0.39 is 11.7 Å². The first-order chi connectivity index (χ1) is 13.7. The van der Waals surface area contributed by atoms with Gasteiger partial charge in [0.2, 0.25) is 0 Å². The fourth-order valence-corrected chi connectivity index (χ4v) is 3.84. The van der Waals surface area contributed by atoms with Gasteiger partial charge < -0.3 is 14.4 Å². The van der Waals surface area contributed by atoms with Crippen molar-refractivity contribution < 1.29 is 22.6 Å². The molecule has 0 saturated carbocycles. The highest BCUT2D eigenvalue weighted by Gasteiger charge is 2.34. The third kappa shape index (κ3) is 4.73. The average Bonchev–Trinajstić information content (AvgIpc) is 2.72. The van der Waals surface area contributed by atoms with Crippen LogP contribution in [0, 0.1) is 0 Å². The minimum atomic E-state index is -4.46. The zero-order chi connectivity index (χ0) is 21.2. The van der Waals surface area contributed by atoms with Gasteiger partial charge in [-0.25, -0.2) is 0 Å². The molecule has 8 heteroatoms. The molecule has 1 heterocycles. The molecule has 3 rings (SSSR count). The Balaban J connectivity index is 1.69. The largest absolute Gasteiger partial charge is 0.493 e. The number of halogens is 4. The lowest BCUT2D eigenvalue weighted by Crippen LogP contribution is -2.47. The molecule has 4 nitrogen and oxygen atoms in total. The number of alkyl halides is 3. The van der Waals surface area contributed by atoms with Crippen molar-refractivity contribution in [2.75, 3.05) is 45.3 Å². The summed E-state index contributed by atoms with van der Waals surface area (Å²) < 4.78 is 50.1. The Morgan fingerprint density at radius 3 is 2.17 bits per heavy atom. The van der Waals surface area contributed by atoms with Gasteiger partial charge in [-0.05, 0) is 42.8 Å². The van der Waals surface area contributed by atoms with Crippen LogP contribution >= 0.6 is 11.6 Å². The molecular weight excluding hydrogens is 405 g/mol. The Morgan fingerprint density at radius 1 is 0.931 bits per heavy atom. The third-order valence-corrected chi connectivity index (χ3v) is 5.70. The lowest BCUT2D eigenvalue weighted by Gasteiger charge is -2.39. The standard InChI is InChI=1S/C21H24ClF3N2O2/c1-14(15-4-7-19(28-2)20(12-15)29-3)26-8-10-27(11-9-26)16-5-6-18(22)17(13-16)21(23,24)25/h4-7,12-14H,8-11H2,1-3H3. The summed E-state index contributed by atoms with van der Waals surface area (Å²) >= 11 is 5.73. The molecule has 158 valence electrons. The summed E-state index contributed by atoms with van der Waals surface area (Å²) in [6, 6.07) is 10.1. The number of rotatable bonds is 5. The average molecular weight is 429 g/mol. The van der Waals surface area contributed by atoms with Gasteiger partial charge in [-0.2, -0.15) is 13.2 Å². The molecule has 0 N–H and O–H groups in total. The number of benzene rings is 2. The van der Waals surface area contributed by atoms with Gasteiger partial charge in [0.15, 0.2) is 11.5 Å². The van der Waals surface area contributed by atoms with Gasteiger partial charge in [-0.1, -0.05) is 17.7 Å². The van der Waals surface area contributed by atoms with Gasteiger partial charge in [-0.15, -0.1) is 0 Å². The molecule has 0 radical (unpaired) electrons. The maximum Gasteiger partial charge on any atom is 0.417 e. The van der Waals surface area contributed by atoms with Crippen LogP contribution in [0.2, 0.25) is 5.02 Å². The maximum absolute atomic E-state index is 13.1. The summed E-state index contributed by atoms with van der Waals surface area (Å²) in [6.07, 6.45) is -4.46. The minimum absolute atomic E-state index is 0.146. The van der Waals surface area contributed by atoms with Crippen molar-refractivity contribution in [3.8, 4) is 11.5 Å². The summed E-state index contributed by atoms with van der Waals surface area (Å²) in [5.41, 5.74) is 0.847. The van der Waals surface area contributed by atoms with E-state index in [1.807, 2.05) is 23.1 Å². The zero-order valence-electron chi connectivity index (χ0n) is 16.6. The lowest BCUT2D eigenvalue weighted by atomic mass is 10.0. The number of piperazine rings is 1. The molecule has 0 aromatic heterocycles. The lowest BCUT2D eigenvalue weighted by molar-refractivity contribution is -0.137. The highest BCUT2D eigenvalue weighted by molar-refractivity contribution is 6.31. The Morgan fingerprint density at radius 2 is 1.59 bits per heavy atom. The maximum atomic E-state index is 13.1. The van der Waals surface area contributed by atoms with E-state index in [0.717, 1.165) is 24.7 Å². The first-order valence-electron chi connectivity index (χ1n) is 9.32. The normalized spacial score (nSPS) is 16.6. The van der Waals surface area contributed by atoms with E-state index in [1.54, 1.807) is 20.3 Å². The molecule has 1 unspecified atom stereocenters. The van der Waals surface area contributed by atoms with Crippen LogP contribution < -0.4 is 14.4 Å². The van der Waals surface area contributed by atoms with E-state index >= 15 is 0 Å². The fraction of sp³-hybridized carbons (Fsp3) is 0.429. The Bertz CT molecular complexity index is 852. The van der Waals surface area contributed by atoms with Gasteiger partial charge in [0.1, 0.15) is 0 Å². The Labute approximate surface area is 173 Å². The summed E-state index contributed by atoms with van der Waals surface area (Å²) in [7, 11) is 3.20. The number of nitrogens with zero attached hydrogens (tertiary/aromatic N) is 2. The van der Waals surface area contributed by atoms with Crippen LogP contribution in [-0.2, 0) is 6.18 Å². The van der Waals surface area contributed by atoms with E-state index in [4.69, 9.17) is 21.1 Å². The van der Waals surface area contributed by atoms with Crippen molar-refractivity contribution in [3.05, 3.63) is 52.5 Å². The molecule has 0 amide bonds. The molecule has 1 saturated heterocycles. The van der Waals surface area contributed by atoms with Crippen molar-refractivity contribution in [3.63, 3.8) is 0 Å². The van der Waals surface area contributed by atoms with Crippen LogP contribution in [0.1, 0.15) is 24.1 Å². The second-order valence-electron chi connectivity index (χ2n) is 6.98. The molecular formula is C21H24ClF3N2O2. The van der Waals surface area contributed by atoms with E-state index in [9.17, 15) is 13.2 Å². The predicted octanol–water partition coefficient (Wildman–Crippen LogP) is 5.26. The first-order valence-corrected chi connectivity index (χ1v) is 9.70. The molecule has 1 fully saturated rings. The summed E-state index contributed by atoms with van der Waals surface area (Å²) in [5, 5.41) is -0.276. The number of methoxy groups -OCH3 is 2. The molecule has 29 heavy (non-hydrogen) atoms. The molecule has 1 aliphatic rings. The SMILES string of the molecule is COc1ccc(C(C)N2CCN(c3ccc(Cl)c(C(F)(F)F)c3)CC2)cc1OC. The van der Waals surface area contributed by atoms with E-state index in [-0.39, 0.29) is 11.1 Å². The topological polar surface area (TPSA) is 24.9 Å². The van der Waals surface area contributed by atoms with E-state index in [0.29, 0.717) is 30.3 Å². The number of ether oxygens (including phenoxy) is 2. The first kappa shape index (κ1) is 21.6. The van der Waals surface area contributed by atoms with Gasteiger partial charge in [0, 0.05) is 37.9 Å². The number of hydrogen-bond acceptors (Lipinski definition) is 4. The summed E-state index contributed by atoms with van der Waals surface area (Å²) in [5.74, 6) is 1.35. The smallest absolute Gasteiger partial charge is 0.417 e. The van der Waals surface area contributed by atoms with Gasteiger partial charge >= 0.3 is 6.18 Å². The Kier molecular flexibility index (Phi) is 6.49. The van der Waals surface area contributed by atoms with Crippen LogP contribution in [0.3, 0.4) is 0 Å². The molecule has 1 atom stereocenters. The third-order valence-electron chi connectivity index (χ3n) is 5.37. The molecule has 2 aromatic rings. The van der Waals surface area contributed by atoms with Crippen LogP contribution in [0.4, 0.5) is 18.9 Å². The van der Waals surface area contributed by atoms with Crippen LogP contribution in [0.5, 0.6) is 11.5 Å². The second-order valence-corrected chi connectivity index (χ2v) is 7.38. The summed E-state index contributed by atoms with van der Waals surface area (Å²) in [4.78, 5) is 4.27. The van der Waals surface area contributed by atoms with Crippen molar-refractivity contribution in [2.24, 2.45) is 0 Å². The monoisotopic (exact) mass is 428 g/mol. The molecule has 2 aromatic carbocycles. The molecule has 0 aliphatic carbocycles. The van der Waals surface area contributed by atoms with E-state index in [2.05, 4.69) is 11.8 Å². The van der Waals surface area contributed by atoms with Crippen LogP contribution in [0.25, 0.3) is 0 Å². The zero-order valence-corrected chi connectivity index (χ0v) is 17.3. The number of hydrogen-bond donors (Lipinski definition) is 0. The van der Waals surface area contributed by atoms with Crippen molar-refractivity contribution >= 4 is 17.3 Å². The highest BCUT2D eigenvalue weighted by Crippen LogP contribution is 2.37. The van der Waals surface area contributed by atoms with E-state index in [1.165, 1.54) is 6.07 Å². The van der Waals surface area contributed by atoms with Crippen molar-refractivity contribution in [2.45, 2.75) is 19.1 Å². The fourth-order valence-electron chi connectivity index (χ4n) is 3.62. The summed E-state index contributed by atoms with van der Waals surface area (Å²) in [6.45, 7) is 4.85. The minimum Gasteiger partial charge on any atom is -0.493 e. The van der Waals surface area contributed by atoms with Gasteiger partial charge in [0.25, 0.3) is 0 Å². The van der Waals surface area contributed by atoms with Gasteiger partial charge in [-0.3, -0.25) is 4.90 Å².